The molecule has 0 spiro atoms. The van der Waals surface area contributed by atoms with Crippen molar-refractivity contribution >= 4 is 12.1 Å². The van der Waals surface area contributed by atoms with Crippen LogP contribution in [0.5, 0.6) is 5.75 Å². The van der Waals surface area contributed by atoms with Crippen LogP contribution in [0.4, 0.5) is 4.39 Å². The van der Waals surface area contributed by atoms with Crippen LogP contribution in [0.2, 0.25) is 0 Å². The predicted octanol–water partition coefficient (Wildman–Crippen LogP) is 3.16. The van der Waals surface area contributed by atoms with Crippen molar-refractivity contribution < 1.29 is 13.9 Å². The number of hydrazone groups is 1. The van der Waals surface area contributed by atoms with E-state index in [-0.39, 0.29) is 12.4 Å². The van der Waals surface area contributed by atoms with Gasteiger partial charge in [0.15, 0.2) is 6.61 Å². The topological polar surface area (TPSA) is 68.5 Å². The number of nitrogens with one attached hydrogen (secondary N) is 1. The van der Waals surface area contributed by atoms with Gasteiger partial charge in [0.1, 0.15) is 11.6 Å². The fourth-order valence-corrected chi connectivity index (χ4v) is 2.54. The van der Waals surface area contributed by atoms with Crippen molar-refractivity contribution in [2.75, 3.05) is 6.61 Å². The molecule has 0 saturated carbocycles. The van der Waals surface area contributed by atoms with Gasteiger partial charge in [-0.3, -0.25) is 4.79 Å². The number of ether oxygens (including phenoxy) is 1. The SMILES string of the molecule is Cc1nn(-c2ccccc2)c(C)c1/C=N/NC(=O)COc1ccc(F)cc1. The minimum Gasteiger partial charge on any atom is -0.484 e. The second-order valence-corrected chi connectivity index (χ2v) is 5.87. The van der Waals surface area contributed by atoms with Crippen molar-refractivity contribution in [1.82, 2.24) is 15.2 Å². The predicted molar refractivity (Wildman–Crippen MR) is 101 cm³/mol. The lowest BCUT2D eigenvalue weighted by Gasteiger charge is -2.05. The minimum atomic E-state index is -0.415. The normalized spacial score (nSPS) is 10.9. The molecule has 1 aromatic heterocycles. The number of nitrogens with zero attached hydrogens (tertiary/aromatic N) is 3. The van der Waals surface area contributed by atoms with Crippen molar-refractivity contribution in [3.63, 3.8) is 0 Å². The number of halogens is 1. The summed E-state index contributed by atoms with van der Waals surface area (Å²) in [5, 5.41) is 8.50. The third kappa shape index (κ3) is 4.58. The molecule has 1 amide bonds. The van der Waals surface area contributed by atoms with Gasteiger partial charge in [-0.25, -0.2) is 14.5 Å². The highest BCUT2D eigenvalue weighted by atomic mass is 19.1. The van der Waals surface area contributed by atoms with E-state index in [1.807, 2.05) is 48.9 Å². The summed E-state index contributed by atoms with van der Waals surface area (Å²) in [4.78, 5) is 11.8. The van der Waals surface area contributed by atoms with Crippen LogP contribution in [-0.4, -0.2) is 28.5 Å². The largest absolute Gasteiger partial charge is 0.484 e. The summed E-state index contributed by atoms with van der Waals surface area (Å²) in [5.74, 6) is -0.370. The molecule has 0 aliphatic rings. The molecule has 0 atom stereocenters. The molecule has 6 nitrogen and oxygen atoms in total. The Morgan fingerprint density at radius 3 is 2.59 bits per heavy atom. The van der Waals surface area contributed by atoms with E-state index in [1.165, 1.54) is 24.3 Å². The van der Waals surface area contributed by atoms with Gasteiger partial charge in [0.2, 0.25) is 0 Å². The molecule has 3 rings (SSSR count). The monoisotopic (exact) mass is 366 g/mol. The summed E-state index contributed by atoms with van der Waals surface area (Å²) < 4.78 is 19.9. The fourth-order valence-electron chi connectivity index (χ4n) is 2.54. The number of aryl methyl sites for hydroxylation is 1. The van der Waals surface area contributed by atoms with Crippen LogP contribution in [0.15, 0.2) is 59.7 Å². The molecule has 0 radical (unpaired) electrons. The molecule has 0 fully saturated rings. The van der Waals surface area contributed by atoms with E-state index in [1.54, 1.807) is 6.21 Å². The second-order valence-electron chi connectivity index (χ2n) is 5.87. The minimum absolute atomic E-state index is 0.218. The molecular formula is C20H19FN4O2. The Hall–Kier alpha value is -3.48. The lowest BCUT2D eigenvalue weighted by Crippen LogP contribution is -2.24. The number of benzene rings is 2. The van der Waals surface area contributed by atoms with Gasteiger partial charge in [-0.1, -0.05) is 18.2 Å². The maximum atomic E-state index is 12.8. The number of para-hydroxylation sites is 1. The number of aromatic nitrogens is 2. The van der Waals surface area contributed by atoms with Crippen molar-refractivity contribution in [3.05, 3.63) is 77.4 Å². The average molecular weight is 366 g/mol. The first-order chi connectivity index (χ1) is 13.0. The number of carbonyl (C=O) groups is 1. The molecule has 3 aromatic rings. The zero-order valence-electron chi connectivity index (χ0n) is 15.0. The highest BCUT2D eigenvalue weighted by Crippen LogP contribution is 2.16. The van der Waals surface area contributed by atoms with Crippen molar-refractivity contribution in [2.45, 2.75) is 13.8 Å². The quantitative estimate of drug-likeness (QED) is 0.538. The van der Waals surface area contributed by atoms with Gasteiger partial charge in [-0.2, -0.15) is 10.2 Å². The van der Waals surface area contributed by atoms with E-state index >= 15 is 0 Å². The summed E-state index contributed by atoms with van der Waals surface area (Å²) in [7, 11) is 0. The zero-order chi connectivity index (χ0) is 19.2. The molecule has 7 heteroatoms. The molecule has 0 aliphatic heterocycles. The first-order valence-electron chi connectivity index (χ1n) is 8.36. The van der Waals surface area contributed by atoms with Gasteiger partial charge in [-0.15, -0.1) is 0 Å². The molecule has 2 aromatic carbocycles. The molecule has 0 unspecified atom stereocenters. The molecule has 1 N–H and O–H groups in total. The van der Waals surface area contributed by atoms with E-state index in [9.17, 15) is 9.18 Å². The lowest BCUT2D eigenvalue weighted by atomic mass is 10.2. The average Bonchev–Trinajstić information content (AvgIpc) is 2.96. The zero-order valence-corrected chi connectivity index (χ0v) is 15.0. The Morgan fingerprint density at radius 2 is 1.89 bits per heavy atom. The molecular weight excluding hydrogens is 347 g/mol. The second kappa shape index (κ2) is 8.27. The van der Waals surface area contributed by atoms with Crippen LogP contribution in [0.25, 0.3) is 5.69 Å². The van der Waals surface area contributed by atoms with Crippen molar-refractivity contribution in [1.29, 1.82) is 0 Å². The highest BCUT2D eigenvalue weighted by molar-refractivity contribution is 5.85. The Morgan fingerprint density at radius 1 is 1.19 bits per heavy atom. The van der Waals surface area contributed by atoms with Crippen LogP contribution < -0.4 is 10.2 Å². The molecule has 138 valence electrons. The summed E-state index contributed by atoms with van der Waals surface area (Å²) in [6, 6.07) is 15.2. The van der Waals surface area contributed by atoms with Gasteiger partial charge in [0.25, 0.3) is 5.91 Å². The van der Waals surface area contributed by atoms with Gasteiger partial charge < -0.3 is 4.74 Å². The van der Waals surface area contributed by atoms with E-state index in [0.29, 0.717) is 5.75 Å². The highest BCUT2D eigenvalue weighted by Gasteiger charge is 2.11. The summed E-state index contributed by atoms with van der Waals surface area (Å²) >= 11 is 0. The number of hydrogen-bond donors (Lipinski definition) is 1. The number of carbonyl (C=O) groups excluding carboxylic acids is 1. The molecule has 0 saturated heterocycles. The van der Waals surface area contributed by atoms with Gasteiger partial charge in [-0.05, 0) is 50.2 Å². The molecule has 0 aliphatic carbocycles. The van der Waals surface area contributed by atoms with Crippen LogP contribution in [0.3, 0.4) is 0 Å². The standard InChI is InChI=1S/C20H19FN4O2/c1-14-19(15(2)25(24-14)17-6-4-3-5-7-17)12-22-23-20(26)13-27-18-10-8-16(21)9-11-18/h3-12H,13H2,1-2H3,(H,23,26)/b22-12+. The van der Waals surface area contributed by atoms with Crippen LogP contribution in [-0.2, 0) is 4.79 Å². The molecule has 0 bridgehead atoms. The molecule has 27 heavy (non-hydrogen) atoms. The van der Waals surface area contributed by atoms with E-state index in [4.69, 9.17) is 4.74 Å². The Kier molecular flexibility index (Phi) is 5.61. The maximum absolute atomic E-state index is 12.8. The number of rotatable bonds is 6. The number of amides is 1. The van der Waals surface area contributed by atoms with Crippen LogP contribution in [0.1, 0.15) is 17.0 Å². The van der Waals surface area contributed by atoms with Gasteiger partial charge in [0, 0.05) is 5.56 Å². The first-order valence-corrected chi connectivity index (χ1v) is 8.36. The third-order valence-electron chi connectivity index (χ3n) is 3.91. The first kappa shape index (κ1) is 18.3. The molecule has 1 heterocycles. The fraction of sp³-hybridized carbons (Fsp3) is 0.150. The van der Waals surface area contributed by atoms with Gasteiger partial charge >= 0.3 is 0 Å². The Bertz CT molecular complexity index is 950. The summed E-state index contributed by atoms with van der Waals surface area (Å²) in [6.07, 6.45) is 1.56. The summed E-state index contributed by atoms with van der Waals surface area (Å²) in [5.41, 5.74) is 5.91. The maximum Gasteiger partial charge on any atom is 0.277 e. The van der Waals surface area contributed by atoms with Crippen molar-refractivity contribution in [3.8, 4) is 11.4 Å². The number of hydrogen-bond acceptors (Lipinski definition) is 4. The lowest BCUT2D eigenvalue weighted by molar-refractivity contribution is -0.123. The van der Waals surface area contributed by atoms with Crippen LogP contribution in [0, 0.1) is 19.7 Å². The van der Waals surface area contributed by atoms with E-state index < -0.39 is 5.91 Å². The third-order valence-corrected chi connectivity index (χ3v) is 3.91. The Labute approximate surface area is 156 Å². The summed E-state index contributed by atoms with van der Waals surface area (Å²) in [6.45, 7) is 3.60. The van der Waals surface area contributed by atoms with Crippen molar-refractivity contribution in [2.24, 2.45) is 5.10 Å². The van der Waals surface area contributed by atoms with E-state index in [2.05, 4.69) is 15.6 Å². The Balaban J connectivity index is 1.60. The van der Waals surface area contributed by atoms with Gasteiger partial charge in [0.05, 0.1) is 23.3 Å². The van der Waals surface area contributed by atoms with Crippen LogP contribution >= 0.6 is 0 Å². The van der Waals surface area contributed by atoms with E-state index in [0.717, 1.165) is 22.6 Å². The smallest absolute Gasteiger partial charge is 0.277 e.